The molecule has 0 aliphatic heterocycles. The van der Waals surface area contributed by atoms with E-state index in [2.05, 4.69) is 10.3 Å². The number of carbonyl (C=O) groups excluding carboxylic acids is 1. The van der Waals surface area contributed by atoms with Crippen molar-refractivity contribution >= 4 is 28.8 Å². The molecule has 2 aromatic rings. The summed E-state index contributed by atoms with van der Waals surface area (Å²) in [5.74, 6) is 0.603. The Kier molecular flexibility index (Phi) is 4.39. The van der Waals surface area contributed by atoms with Gasteiger partial charge in [-0.25, -0.2) is 4.98 Å². The Morgan fingerprint density at radius 3 is 2.74 bits per heavy atom. The summed E-state index contributed by atoms with van der Waals surface area (Å²) < 4.78 is 5.59. The monoisotopic (exact) mass is 296 g/mol. The number of ether oxygens (including phenoxy) is 1. The Bertz CT molecular complexity index is 581. The largest absolute Gasteiger partial charge is 0.486 e. The maximum absolute atomic E-state index is 11.6. The molecule has 4 nitrogen and oxygen atoms in total. The van der Waals surface area contributed by atoms with Crippen molar-refractivity contribution in [1.29, 1.82) is 0 Å². The maximum atomic E-state index is 11.6. The number of nitrogens with zero attached hydrogens (tertiary/aromatic N) is 1. The van der Waals surface area contributed by atoms with E-state index in [1.807, 2.05) is 6.92 Å². The molecule has 2 rings (SSSR count). The quantitative estimate of drug-likeness (QED) is 0.943. The Morgan fingerprint density at radius 2 is 2.11 bits per heavy atom. The summed E-state index contributed by atoms with van der Waals surface area (Å²) in [4.78, 5) is 16.5. The number of carbonyl (C=O) groups is 1. The topological polar surface area (TPSA) is 51.2 Å². The molecular weight excluding hydrogens is 284 g/mol. The number of halogens is 1. The molecule has 0 aliphatic carbocycles. The van der Waals surface area contributed by atoms with Crippen molar-refractivity contribution in [3.05, 3.63) is 44.9 Å². The number of aryl methyl sites for hydroxylation is 1. The minimum atomic E-state index is -0.118. The summed E-state index contributed by atoms with van der Waals surface area (Å²) >= 11 is 7.13. The molecule has 1 amide bonds. The predicted octanol–water partition coefficient (Wildman–Crippen LogP) is 3.04. The molecule has 0 aliphatic rings. The van der Waals surface area contributed by atoms with Gasteiger partial charge in [-0.3, -0.25) is 4.79 Å². The fraction of sp³-hybridized carbons (Fsp3) is 0.231. The lowest BCUT2D eigenvalue weighted by Crippen LogP contribution is -2.17. The van der Waals surface area contributed by atoms with Gasteiger partial charge in [0.05, 0.1) is 5.69 Å². The van der Waals surface area contributed by atoms with E-state index in [0.29, 0.717) is 16.5 Å². The van der Waals surface area contributed by atoms with Crippen LogP contribution in [0, 0.1) is 6.92 Å². The van der Waals surface area contributed by atoms with Crippen LogP contribution in [0.1, 0.15) is 20.4 Å². The van der Waals surface area contributed by atoms with Gasteiger partial charge < -0.3 is 10.1 Å². The lowest BCUT2D eigenvalue weighted by atomic mass is 10.3. The highest BCUT2D eigenvalue weighted by atomic mass is 35.5. The third-order valence-electron chi connectivity index (χ3n) is 2.45. The van der Waals surface area contributed by atoms with Gasteiger partial charge in [0.15, 0.2) is 0 Å². The van der Waals surface area contributed by atoms with Gasteiger partial charge in [-0.15, -0.1) is 11.3 Å². The molecule has 100 valence electrons. The number of hydrogen-bond donors (Lipinski definition) is 1. The van der Waals surface area contributed by atoms with Crippen molar-refractivity contribution in [3.63, 3.8) is 0 Å². The van der Waals surface area contributed by atoms with Gasteiger partial charge in [-0.1, -0.05) is 11.6 Å². The number of nitrogens with one attached hydrogen (secondary N) is 1. The molecule has 0 saturated carbocycles. The molecule has 0 fully saturated rings. The van der Waals surface area contributed by atoms with Crippen LogP contribution in [0.4, 0.5) is 0 Å². The first-order chi connectivity index (χ1) is 9.10. The molecule has 0 unspecified atom stereocenters. The van der Waals surface area contributed by atoms with Gasteiger partial charge in [0.2, 0.25) is 0 Å². The maximum Gasteiger partial charge on any atom is 0.263 e. The summed E-state index contributed by atoms with van der Waals surface area (Å²) in [6.07, 6.45) is 0. The predicted molar refractivity (Wildman–Crippen MR) is 76.0 cm³/mol. The summed E-state index contributed by atoms with van der Waals surface area (Å²) in [5, 5.41) is 4.03. The van der Waals surface area contributed by atoms with E-state index < -0.39 is 0 Å². The number of benzene rings is 1. The van der Waals surface area contributed by atoms with E-state index in [0.717, 1.165) is 16.5 Å². The third-order valence-corrected chi connectivity index (χ3v) is 3.83. The molecule has 6 heteroatoms. The van der Waals surface area contributed by atoms with Gasteiger partial charge in [0.1, 0.15) is 22.2 Å². The number of amides is 1. The van der Waals surface area contributed by atoms with Crippen LogP contribution in [0.5, 0.6) is 5.75 Å². The Morgan fingerprint density at radius 1 is 1.42 bits per heavy atom. The molecule has 1 N–H and O–H groups in total. The van der Waals surface area contributed by atoms with Crippen LogP contribution in [0.3, 0.4) is 0 Å². The second-order valence-electron chi connectivity index (χ2n) is 3.84. The molecule has 0 saturated heterocycles. The standard InChI is InChI=1S/C13H13ClN2O2S/c1-8-12(13(17)15-2)19-11(16-8)7-18-10-5-3-9(14)4-6-10/h3-6H,7H2,1-2H3,(H,15,17). The van der Waals surface area contributed by atoms with Crippen molar-refractivity contribution in [2.24, 2.45) is 0 Å². The molecule has 0 atom stereocenters. The minimum absolute atomic E-state index is 0.118. The zero-order valence-corrected chi connectivity index (χ0v) is 12.1. The second kappa shape index (κ2) is 6.04. The van der Waals surface area contributed by atoms with Crippen molar-refractivity contribution in [1.82, 2.24) is 10.3 Å². The molecule has 1 heterocycles. The molecule has 0 bridgehead atoms. The highest BCUT2D eigenvalue weighted by Crippen LogP contribution is 2.21. The Hall–Kier alpha value is -1.59. The second-order valence-corrected chi connectivity index (χ2v) is 5.36. The van der Waals surface area contributed by atoms with Gasteiger partial charge in [-0.2, -0.15) is 0 Å². The lowest BCUT2D eigenvalue weighted by Gasteiger charge is -2.03. The lowest BCUT2D eigenvalue weighted by molar-refractivity contribution is 0.0966. The minimum Gasteiger partial charge on any atom is -0.486 e. The first kappa shape index (κ1) is 13.8. The van der Waals surface area contributed by atoms with E-state index in [1.165, 1.54) is 11.3 Å². The highest BCUT2D eigenvalue weighted by Gasteiger charge is 2.13. The fourth-order valence-electron chi connectivity index (χ4n) is 1.51. The summed E-state index contributed by atoms with van der Waals surface area (Å²) in [6, 6.07) is 7.12. The van der Waals surface area contributed by atoms with E-state index in [9.17, 15) is 4.79 Å². The number of hydrogen-bond acceptors (Lipinski definition) is 4. The van der Waals surface area contributed by atoms with Gasteiger partial charge in [0, 0.05) is 12.1 Å². The number of thiazole rings is 1. The van der Waals surface area contributed by atoms with Crippen LogP contribution >= 0.6 is 22.9 Å². The Labute approximate surface area is 120 Å². The smallest absolute Gasteiger partial charge is 0.263 e. The average Bonchev–Trinajstić information content (AvgIpc) is 2.78. The van der Waals surface area contributed by atoms with Crippen molar-refractivity contribution in [3.8, 4) is 5.75 Å². The van der Waals surface area contributed by atoms with Crippen LogP contribution in [0.2, 0.25) is 5.02 Å². The van der Waals surface area contributed by atoms with E-state index in [4.69, 9.17) is 16.3 Å². The Balaban J connectivity index is 2.04. The molecule has 1 aromatic heterocycles. The first-order valence-electron chi connectivity index (χ1n) is 5.67. The van der Waals surface area contributed by atoms with Crippen LogP contribution in [0.25, 0.3) is 0 Å². The van der Waals surface area contributed by atoms with Crippen LogP contribution in [-0.4, -0.2) is 17.9 Å². The van der Waals surface area contributed by atoms with Crippen LogP contribution < -0.4 is 10.1 Å². The SMILES string of the molecule is CNC(=O)c1sc(COc2ccc(Cl)cc2)nc1C. The van der Waals surface area contributed by atoms with Gasteiger partial charge in [-0.05, 0) is 31.2 Å². The highest BCUT2D eigenvalue weighted by molar-refractivity contribution is 7.13. The summed E-state index contributed by atoms with van der Waals surface area (Å²) in [7, 11) is 1.60. The van der Waals surface area contributed by atoms with Crippen molar-refractivity contribution < 1.29 is 9.53 Å². The summed E-state index contributed by atoms with van der Waals surface area (Å²) in [5.41, 5.74) is 0.721. The number of aromatic nitrogens is 1. The molecule has 1 aromatic carbocycles. The first-order valence-corrected chi connectivity index (χ1v) is 6.86. The fourth-order valence-corrected chi connectivity index (χ4v) is 2.56. The number of rotatable bonds is 4. The normalized spacial score (nSPS) is 10.3. The van der Waals surface area contributed by atoms with E-state index in [1.54, 1.807) is 31.3 Å². The van der Waals surface area contributed by atoms with Crippen molar-refractivity contribution in [2.75, 3.05) is 7.05 Å². The van der Waals surface area contributed by atoms with Crippen LogP contribution in [0.15, 0.2) is 24.3 Å². The van der Waals surface area contributed by atoms with Crippen LogP contribution in [-0.2, 0) is 6.61 Å². The zero-order chi connectivity index (χ0) is 13.8. The molecule has 19 heavy (non-hydrogen) atoms. The molecule has 0 radical (unpaired) electrons. The average molecular weight is 297 g/mol. The van der Waals surface area contributed by atoms with Crippen molar-refractivity contribution in [2.45, 2.75) is 13.5 Å². The van der Waals surface area contributed by atoms with E-state index >= 15 is 0 Å². The summed E-state index contributed by atoms with van der Waals surface area (Å²) in [6.45, 7) is 2.15. The van der Waals surface area contributed by atoms with Gasteiger partial charge in [0.25, 0.3) is 5.91 Å². The zero-order valence-electron chi connectivity index (χ0n) is 10.6. The van der Waals surface area contributed by atoms with Gasteiger partial charge >= 0.3 is 0 Å². The third kappa shape index (κ3) is 3.45. The molecule has 0 spiro atoms. The molecular formula is C13H13ClN2O2S. The van der Waals surface area contributed by atoms with E-state index in [-0.39, 0.29) is 5.91 Å².